The molecule has 128 valence electrons. The van der Waals surface area contributed by atoms with Gasteiger partial charge in [0.15, 0.2) is 0 Å². The first-order valence-electron chi connectivity index (χ1n) is 7.89. The number of nitrogens with zero attached hydrogens (tertiary/aromatic N) is 2. The van der Waals surface area contributed by atoms with Crippen LogP contribution in [0.4, 0.5) is 5.69 Å². The van der Waals surface area contributed by atoms with Crippen LogP contribution in [0.3, 0.4) is 0 Å². The quantitative estimate of drug-likeness (QED) is 0.638. The molecule has 1 heterocycles. The van der Waals surface area contributed by atoms with Gasteiger partial charge in [0.1, 0.15) is 0 Å². The van der Waals surface area contributed by atoms with Gasteiger partial charge >= 0.3 is 0 Å². The number of benzene rings is 2. The van der Waals surface area contributed by atoms with Crippen molar-refractivity contribution in [3.05, 3.63) is 77.6 Å². The number of carbonyl (C=O) groups is 1. The van der Waals surface area contributed by atoms with Crippen LogP contribution < -0.4 is 5.32 Å². The maximum atomic E-state index is 12.4. The van der Waals surface area contributed by atoms with Crippen molar-refractivity contribution >= 4 is 35.0 Å². The number of rotatable bonds is 6. The Kier molecular flexibility index (Phi) is 5.79. The van der Waals surface area contributed by atoms with Gasteiger partial charge in [-0.2, -0.15) is 5.10 Å². The number of carbonyl (C=O) groups excluding carboxylic acids is 1. The van der Waals surface area contributed by atoms with E-state index in [1.165, 1.54) is 11.8 Å². The molecule has 1 unspecified atom stereocenters. The molecule has 0 aliphatic carbocycles. The summed E-state index contributed by atoms with van der Waals surface area (Å²) in [5, 5.41) is 7.63. The Labute approximate surface area is 156 Å². The Balaban J connectivity index is 1.55. The molecule has 3 rings (SSSR count). The molecular formula is C19H18ClN3OS. The molecule has 0 saturated carbocycles. The highest BCUT2D eigenvalue weighted by atomic mass is 35.5. The maximum absolute atomic E-state index is 12.4. The van der Waals surface area contributed by atoms with Crippen LogP contribution >= 0.6 is 23.4 Å². The fourth-order valence-corrected chi connectivity index (χ4v) is 3.28. The van der Waals surface area contributed by atoms with E-state index < -0.39 is 0 Å². The fourth-order valence-electron chi connectivity index (χ4n) is 2.29. The van der Waals surface area contributed by atoms with Crippen molar-refractivity contribution in [2.24, 2.45) is 0 Å². The van der Waals surface area contributed by atoms with Gasteiger partial charge in [-0.25, -0.2) is 0 Å². The minimum absolute atomic E-state index is 0.0280. The zero-order valence-corrected chi connectivity index (χ0v) is 15.3. The molecule has 0 bridgehead atoms. The topological polar surface area (TPSA) is 46.9 Å². The van der Waals surface area contributed by atoms with Gasteiger partial charge in [0.2, 0.25) is 5.91 Å². The van der Waals surface area contributed by atoms with Crippen LogP contribution in [0, 0.1) is 0 Å². The molecule has 0 radical (unpaired) electrons. The van der Waals surface area contributed by atoms with Crippen LogP contribution in [-0.4, -0.2) is 20.9 Å². The van der Waals surface area contributed by atoms with E-state index in [0.717, 1.165) is 16.1 Å². The van der Waals surface area contributed by atoms with Crippen molar-refractivity contribution in [2.75, 3.05) is 5.32 Å². The summed E-state index contributed by atoms with van der Waals surface area (Å²) < 4.78 is 1.86. The number of hydrogen-bond acceptors (Lipinski definition) is 3. The molecule has 0 spiro atoms. The molecular weight excluding hydrogens is 354 g/mol. The fraction of sp³-hybridized carbons (Fsp3) is 0.158. The van der Waals surface area contributed by atoms with Crippen molar-refractivity contribution in [1.82, 2.24) is 9.78 Å². The standard InChI is InChI=1S/C19H18ClN3OS/c1-14(25-18-9-5-16(20)6-10-18)19(24)22-17-7-3-15(4-8-17)13-23-12-2-11-21-23/h2-12,14H,13H2,1H3,(H,22,24). The molecule has 4 nitrogen and oxygen atoms in total. The number of amides is 1. The average molecular weight is 372 g/mol. The SMILES string of the molecule is CC(Sc1ccc(Cl)cc1)C(=O)Nc1ccc(Cn2cccn2)cc1. The number of nitrogens with one attached hydrogen (secondary N) is 1. The molecule has 6 heteroatoms. The first-order chi connectivity index (χ1) is 12.1. The molecule has 0 saturated heterocycles. The largest absolute Gasteiger partial charge is 0.325 e. The van der Waals surface area contributed by atoms with Gasteiger partial charge in [0.25, 0.3) is 0 Å². The summed E-state index contributed by atoms with van der Waals surface area (Å²) in [6.45, 7) is 2.60. The third-order valence-corrected chi connectivity index (χ3v) is 4.98. The minimum atomic E-state index is -0.204. The van der Waals surface area contributed by atoms with Crippen molar-refractivity contribution in [3.63, 3.8) is 0 Å². The lowest BCUT2D eigenvalue weighted by atomic mass is 10.2. The van der Waals surface area contributed by atoms with Crippen molar-refractivity contribution in [3.8, 4) is 0 Å². The summed E-state index contributed by atoms with van der Waals surface area (Å²) in [6.07, 6.45) is 3.68. The van der Waals surface area contributed by atoms with Gasteiger partial charge in [-0.1, -0.05) is 23.7 Å². The highest BCUT2D eigenvalue weighted by Crippen LogP contribution is 2.25. The lowest BCUT2D eigenvalue weighted by Crippen LogP contribution is -2.22. The normalized spacial score (nSPS) is 11.9. The molecule has 2 aromatic carbocycles. The van der Waals surface area contributed by atoms with Crippen LogP contribution in [0.2, 0.25) is 5.02 Å². The second-order valence-corrected chi connectivity index (χ2v) is 7.45. The molecule has 1 amide bonds. The van der Waals surface area contributed by atoms with Crippen molar-refractivity contribution in [2.45, 2.75) is 23.6 Å². The van der Waals surface area contributed by atoms with E-state index >= 15 is 0 Å². The Bertz CT molecular complexity index is 817. The summed E-state index contributed by atoms with van der Waals surface area (Å²) in [4.78, 5) is 13.4. The second kappa shape index (κ2) is 8.23. The van der Waals surface area contributed by atoms with E-state index in [2.05, 4.69) is 10.4 Å². The minimum Gasteiger partial charge on any atom is -0.325 e. The lowest BCUT2D eigenvalue weighted by molar-refractivity contribution is -0.115. The summed E-state index contributed by atoms with van der Waals surface area (Å²) in [6, 6.07) is 17.2. The van der Waals surface area contributed by atoms with Crippen LogP contribution in [0.1, 0.15) is 12.5 Å². The first-order valence-corrected chi connectivity index (χ1v) is 9.15. The van der Waals surface area contributed by atoms with Gasteiger partial charge in [-0.05, 0) is 55.0 Å². The van der Waals surface area contributed by atoms with E-state index in [-0.39, 0.29) is 11.2 Å². The number of hydrogen-bond donors (Lipinski definition) is 1. The second-order valence-electron chi connectivity index (χ2n) is 5.60. The highest BCUT2D eigenvalue weighted by molar-refractivity contribution is 8.00. The van der Waals surface area contributed by atoms with Crippen LogP contribution in [-0.2, 0) is 11.3 Å². The summed E-state index contributed by atoms with van der Waals surface area (Å²) >= 11 is 7.38. The number of thioether (sulfide) groups is 1. The van der Waals surface area contributed by atoms with E-state index in [1.54, 1.807) is 6.20 Å². The summed E-state index contributed by atoms with van der Waals surface area (Å²) in [7, 11) is 0. The molecule has 0 aliphatic rings. The van der Waals surface area contributed by atoms with Crippen LogP contribution in [0.15, 0.2) is 71.9 Å². The van der Waals surface area contributed by atoms with Gasteiger partial charge in [-0.3, -0.25) is 9.48 Å². The highest BCUT2D eigenvalue weighted by Gasteiger charge is 2.14. The zero-order valence-electron chi connectivity index (χ0n) is 13.7. The molecule has 25 heavy (non-hydrogen) atoms. The van der Waals surface area contributed by atoms with E-state index in [4.69, 9.17) is 11.6 Å². The number of aromatic nitrogens is 2. The van der Waals surface area contributed by atoms with Crippen molar-refractivity contribution in [1.29, 1.82) is 0 Å². The van der Waals surface area contributed by atoms with E-state index in [9.17, 15) is 4.79 Å². The van der Waals surface area contributed by atoms with Crippen molar-refractivity contribution < 1.29 is 4.79 Å². The Morgan fingerprint density at radius 3 is 2.56 bits per heavy atom. The number of halogens is 1. The van der Waals surface area contributed by atoms with Gasteiger partial charge in [-0.15, -0.1) is 11.8 Å². The number of anilines is 1. The Hall–Kier alpha value is -2.24. The van der Waals surface area contributed by atoms with Crippen LogP contribution in [0.25, 0.3) is 0 Å². The van der Waals surface area contributed by atoms with Gasteiger partial charge in [0, 0.05) is 28.0 Å². The van der Waals surface area contributed by atoms with Gasteiger partial charge < -0.3 is 5.32 Å². The maximum Gasteiger partial charge on any atom is 0.237 e. The third kappa shape index (κ3) is 5.11. The molecule has 1 atom stereocenters. The monoisotopic (exact) mass is 371 g/mol. The summed E-state index contributed by atoms with van der Waals surface area (Å²) in [5.74, 6) is -0.0280. The third-order valence-electron chi connectivity index (χ3n) is 3.62. The zero-order chi connectivity index (χ0) is 17.6. The van der Waals surface area contributed by atoms with Crippen LogP contribution in [0.5, 0.6) is 0 Å². The first kappa shape index (κ1) is 17.6. The smallest absolute Gasteiger partial charge is 0.237 e. The predicted molar refractivity (Wildman–Crippen MR) is 103 cm³/mol. The molecule has 1 aromatic heterocycles. The lowest BCUT2D eigenvalue weighted by Gasteiger charge is -2.12. The molecule has 3 aromatic rings. The molecule has 0 aliphatic heterocycles. The van der Waals surface area contributed by atoms with E-state index in [0.29, 0.717) is 11.6 Å². The molecule has 0 fully saturated rings. The average Bonchev–Trinajstić information content (AvgIpc) is 3.11. The van der Waals surface area contributed by atoms with Gasteiger partial charge in [0.05, 0.1) is 11.8 Å². The Morgan fingerprint density at radius 2 is 1.92 bits per heavy atom. The molecule has 1 N–H and O–H groups in total. The van der Waals surface area contributed by atoms with E-state index in [1.807, 2.05) is 72.4 Å². The Morgan fingerprint density at radius 1 is 1.20 bits per heavy atom. The summed E-state index contributed by atoms with van der Waals surface area (Å²) in [5.41, 5.74) is 1.92. The predicted octanol–water partition coefficient (Wildman–Crippen LogP) is 4.70.